The molecule has 0 saturated heterocycles. The van der Waals surface area contributed by atoms with Crippen molar-refractivity contribution in [3.8, 4) is 6.07 Å². The van der Waals surface area contributed by atoms with Crippen LogP contribution in [0.15, 0.2) is 18.2 Å². The summed E-state index contributed by atoms with van der Waals surface area (Å²) in [7, 11) is 0. The molecule has 0 spiro atoms. The van der Waals surface area contributed by atoms with Crippen molar-refractivity contribution in [1.82, 2.24) is 0 Å². The summed E-state index contributed by atoms with van der Waals surface area (Å²) in [5, 5.41) is 8.57. The van der Waals surface area contributed by atoms with Crippen LogP contribution in [0.3, 0.4) is 0 Å². The molecule has 0 aromatic heterocycles. The van der Waals surface area contributed by atoms with E-state index in [4.69, 9.17) is 11.0 Å². The summed E-state index contributed by atoms with van der Waals surface area (Å²) in [4.78, 5) is 0. The van der Waals surface area contributed by atoms with Gasteiger partial charge in [-0.2, -0.15) is 5.26 Å². The highest BCUT2D eigenvalue weighted by Gasteiger charge is 2.30. The third kappa shape index (κ3) is 1.61. The standard InChI is InChI=1S/C11H11FN2/c12-10-5-7(6-13)1-4-9(10)11(14)8-2-3-8/h1,4-5,8,11H,2-3,14H2/t11-/m0/s1. The lowest BCUT2D eigenvalue weighted by Crippen LogP contribution is -2.14. The van der Waals surface area contributed by atoms with Crippen molar-refractivity contribution in [3.05, 3.63) is 35.1 Å². The van der Waals surface area contributed by atoms with Crippen LogP contribution >= 0.6 is 0 Å². The maximum Gasteiger partial charge on any atom is 0.129 e. The number of halogens is 1. The molecule has 1 aromatic carbocycles. The van der Waals surface area contributed by atoms with Gasteiger partial charge in [-0.15, -0.1) is 0 Å². The molecule has 1 aliphatic rings. The molecule has 14 heavy (non-hydrogen) atoms. The van der Waals surface area contributed by atoms with Crippen molar-refractivity contribution < 1.29 is 4.39 Å². The Labute approximate surface area is 82.1 Å². The highest BCUT2D eigenvalue weighted by Crippen LogP contribution is 2.40. The molecule has 2 nitrogen and oxygen atoms in total. The number of nitrogens with zero attached hydrogens (tertiary/aromatic N) is 1. The van der Waals surface area contributed by atoms with Gasteiger partial charge in [0.1, 0.15) is 5.82 Å². The number of hydrogen-bond acceptors (Lipinski definition) is 2. The van der Waals surface area contributed by atoms with Gasteiger partial charge >= 0.3 is 0 Å². The van der Waals surface area contributed by atoms with Crippen molar-refractivity contribution in [2.75, 3.05) is 0 Å². The Hall–Kier alpha value is -1.40. The van der Waals surface area contributed by atoms with Gasteiger partial charge in [-0.3, -0.25) is 0 Å². The molecule has 2 rings (SSSR count). The van der Waals surface area contributed by atoms with Gasteiger partial charge in [-0.05, 0) is 30.9 Å². The predicted octanol–water partition coefficient (Wildman–Crippen LogP) is 2.11. The third-order valence-electron chi connectivity index (χ3n) is 2.62. The molecule has 2 N–H and O–H groups in total. The first kappa shape index (κ1) is 9.17. The molecule has 0 aliphatic heterocycles. The molecule has 1 fully saturated rings. The van der Waals surface area contributed by atoms with Gasteiger partial charge in [0.15, 0.2) is 0 Å². The van der Waals surface area contributed by atoms with Crippen LogP contribution < -0.4 is 5.73 Å². The fourth-order valence-corrected chi connectivity index (χ4v) is 1.58. The Morgan fingerprint density at radius 3 is 2.71 bits per heavy atom. The van der Waals surface area contributed by atoms with E-state index in [1.165, 1.54) is 6.07 Å². The zero-order chi connectivity index (χ0) is 10.1. The minimum atomic E-state index is -0.358. The summed E-state index contributed by atoms with van der Waals surface area (Å²) >= 11 is 0. The quantitative estimate of drug-likeness (QED) is 0.776. The van der Waals surface area contributed by atoms with Gasteiger partial charge in [0.25, 0.3) is 0 Å². The molecule has 1 aromatic rings. The van der Waals surface area contributed by atoms with Crippen LogP contribution in [0.4, 0.5) is 4.39 Å². The Morgan fingerprint density at radius 2 is 2.21 bits per heavy atom. The fourth-order valence-electron chi connectivity index (χ4n) is 1.58. The van der Waals surface area contributed by atoms with Crippen LogP contribution in [0.1, 0.15) is 30.0 Å². The molecular formula is C11H11FN2. The summed E-state index contributed by atoms with van der Waals surface area (Å²) in [6.07, 6.45) is 2.17. The number of benzene rings is 1. The monoisotopic (exact) mass is 190 g/mol. The summed E-state index contributed by atoms with van der Waals surface area (Å²) in [5.74, 6) is 0.0703. The smallest absolute Gasteiger partial charge is 0.129 e. The van der Waals surface area contributed by atoms with E-state index in [1.54, 1.807) is 12.1 Å². The zero-order valence-corrected chi connectivity index (χ0v) is 7.70. The first-order chi connectivity index (χ1) is 6.72. The van der Waals surface area contributed by atoms with Crippen molar-refractivity contribution in [3.63, 3.8) is 0 Å². The normalized spacial score (nSPS) is 17.5. The van der Waals surface area contributed by atoms with Gasteiger partial charge in [0.2, 0.25) is 0 Å². The minimum absolute atomic E-state index is 0.206. The van der Waals surface area contributed by atoms with E-state index < -0.39 is 0 Å². The third-order valence-corrected chi connectivity index (χ3v) is 2.62. The summed E-state index contributed by atoms with van der Waals surface area (Å²) in [6.45, 7) is 0. The summed E-state index contributed by atoms with van der Waals surface area (Å²) in [6, 6.07) is 6.17. The van der Waals surface area contributed by atoms with Crippen molar-refractivity contribution in [1.29, 1.82) is 5.26 Å². The van der Waals surface area contributed by atoms with Gasteiger partial charge in [0.05, 0.1) is 11.6 Å². The number of nitriles is 1. The number of hydrogen-bond donors (Lipinski definition) is 1. The fraction of sp³-hybridized carbons (Fsp3) is 0.364. The van der Waals surface area contributed by atoms with Crippen LogP contribution in [-0.2, 0) is 0 Å². The first-order valence-corrected chi connectivity index (χ1v) is 4.67. The first-order valence-electron chi connectivity index (χ1n) is 4.67. The molecule has 0 heterocycles. The van der Waals surface area contributed by atoms with Crippen molar-refractivity contribution in [2.24, 2.45) is 11.7 Å². The van der Waals surface area contributed by atoms with Crippen molar-refractivity contribution in [2.45, 2.75) is 18.9 Å². The van der Waals surface area contributed by atoms with E-state index >= 15 is 0 Å². The van der Waals surface area contributed by atoms with E-state index in [0.717, 1.165) is 12.8 Å². The Bertz CT molecular complexity index is 391. The topological polar surface area (TPSA) is 49.8 Å². The molecule has 0 amide bonds. The lowest BCUT2D eigenvalue weighted by atomic mass is 10.0. The zero-order valence-electron chi connectivity index (χ0n) is 7.70. The Kier molecular flexibility index (Phi) is 2.22. The van der Waals surface area contributed by atoms with Gasteiger partial charge in [-0.25, -0.2) is 4.39 Å². The average molecular weight is 190 g/mol. The van der Waals surface area contributed by atoms with Gasteiger partial charge in [0, 0.05) is 11.6 Å². The molecule has 0 bridgehead atoms. The molecule has 0 unspecified atom stereocenters. The Morgan fingerprint density at radius 1 is 1.50 bits per heavy atom. The van der Waals surface area contributed by atoms with Crippen LogP contribution in [0.5, 0.6) is 0 Å². The number of rotatable bonds is 2. The minimum Gasteiger partial charge on any atom is -0.324 e. The van der Waals surface area contributed by atoms with Gasteiger partial charge in [-0.1, -0.05) is 6.07 Å². The molecule has 0 radical (unpaired) electrons. The lowest BCUT2D eigenvalue weighted by Gasteiger charge is -2.11. The second kappa shape index (κ2) is 3.39. The van der Waals surface area contributed by atoms with Crippen LogP contribution in [0, 0.1) is 23.1 Å². The second-order valence-electron chi connectivity index (χ2n) is 3.71. The molecular weight excluding hydrogens is 179 g/mol. The molecule has 1 atom stereocenters. The maximum atomic E-state index is 13.4. The predicted molar refractivity (Wildman–Crippen MR) is 50.8 cm³/mol. The SMILES string of the molecule is N#Cc1ccc([C@@H](N)C2CC2)c(F)c1. The average Bonchev–Trinajstić information content (AvgIpc) is 3.00. The number of nitrogens with two attached hydrogens (primary N) is 1. The summed E-state index contributed by atoms with van der Waals surface area (Å²) in [5.41, 5.74) is 6.75. The summed E-state index contributed by atoms with van der Waals surface area (Å²) < 4.78 is 13.4. The molecule has 1 aliphatic carbocycles. The second-order valence-corrected chi connectivity index (χ2v) is 3.71. The molecule has 1 saturated carbocycles. The van der Waals surface area contributed by atoms with E-state index in [1.807, 2.05) is 6.07 Å². The molecule has 3 heteroatoms. The maximum absolute atomic E-state index is 13.4. The molecule has 72 valence electrons. The van der Waals surface area contributed by atoms with E-state index in [2.05, 4.69) is 0 Å². The van der Waals surface area contributed by atoms with Crippen LogP contribution in [0.25, 0.3) is 0 Å². The van der Waals surface area contributed by atoms with Gasteiger partial charge < -0.3 is 5.73 Å². The van der Waals surface area contributed by atoms with E-state index in [-0.39, 0.29) is 11.9 Å². The largest absolute Gasteiger partial charge is 0.324 e. The lowest BCUT2D eigenvalue weighted by molar-refractivity contribution is 0.553. The Balaban J connectivity index is 2.30. The van der Waals surface area contributed by atoms with Crippen molar-refractivity contribution >= 4 is 0 Å². The van der Waals surface area contributed by atoms with E-state index in [9.17, 15) is 4.39 Å². The van der Waals surface area contributed by atoms with Crippen LogP contribution in [0.2, 0.25) is 0 Å². The van der Waals surface area contributed by atoms with Crippen LogP contribution in [-0.4, -0.2) is 0 Å². The van der Waals surface area contributed by atoms with E-state index in [0.29, 0.717) is 17.0 Å². The highest BCUT2D eigenvalue weighted by atomic mass is 19.1. The highest BCUT2D eigenvalue weighted by molar-refractivity contribution is 5.34.